The van der Waals surface area contributed by atoms with E-state index in [1.165, 1.54) is 18.6 Å². The van der Waals surface area contributed by atoms with Crippen LogP contribution < -0.4 is 0 Å². The number of fused-ring (bicyclic) bond motifs is 1. The van der Waals surface area contributed by atoms with Crippen LogP contribution in [0.1, 0.15) is 43.4 Å². The van der Waals surface area contributed by atoms with Crippen molar-refractivity contribution in [3.05, 3.63) is 29.6 Å². The lowest BCUT2D eigenvalue weighted by molar-refractivity contribution is -0.140. The van der Waals surface area contributed by atoms with Crippen LogP contribution in [-0.4, -0.2) is 28.1 Å². The fourth-order valence-corrected chi connectivity index (χ4v) is 3.33. The number of alkyl halides is 3. The molecule has 1 N–H and O–H groups in total. The van der Waals surface area contributed by atoms with E-state index in [1.807, 2.05) is 0 Å². The van der Waals surface area contributed by atoms with Crippen LogP contribution in [0.4, 0.5) is 13.2 Å². The molecule has 1 fully saturated rings. The molecule has 0 amide bonds. The van der Waals surface area contributed by atoms with Gasteiger partial charge in [-0.25, -0.2) is 9.98 Å². The quantitative estimate of drug-likeness (QED) is 0.846. The summed E-state index contributed by atoms with van der Waals surface area (Å²) in [5.41, 5.74) is 1.65. The Morgan fingerprint density at radius 3 is 2.76 bits per heavy atom. The van der Waals surface area contributed by atoms with E-state index in [-0.39, 0.29) is 5.65 Å². The van der Waals surface area contributed by atoms with Gasteiger partial charge in [0.05, 0.1) is 6.04 Å². The predicted molar refractivity (Wildman–Crippen MR) is 91.1 cm³/mol. The molecule has 0 spiro atoms. The van der Waals surface area contributed by atoms with Gasteiger partial charge in [-0.3, -0.25) is 4.99 Å². The summed E-state index contributed by atoms with van der Waals surface area (Å²) in [5, 5.41) is 0.501. The molecule has 2 aromatic rings. The van der Waals surface area contributed by atoms with Crippen molar-refractivity contribution in [3.63, 3.8) is 0 Å². The van der Waals surface area contributed by atoms with E-state index in [4.69, 9.17) is 0 Å². The third-order valence-corrected chi connectivity index (χ3v) is 4.87. The number of aliphatic imine (C=N–C) groups is 2. The van der Waals surface area contributed by atoms with Crippen LogP contribution in [0, 0.1) is 5.92 Å². The first-order valence-electron chi connectivity index (χ1n) is 8.61. The van der Waals surface area contributed by atoms with Gasteiger partial charge in [-0.2, -0.15) is 13.2 Å². The highest BCUT2D eigenvalue weighted by Crippen LogP contribution is 2.37. The molecule has 25 heavy (non-hydrogen) atoms. The summed E-state index contributed by atoms with van der Waals surface area (Å²) in [6.07, 6.45) is 5.05. The number of hydrogen-bond acceptors (Lipinski definition) is 3. The lowest BCUT2D eigenvalue weighted by atomic mass is 9.99. The monoisotopic (exact) mass is 348 g/mol. The zero-order chi connectivity index (χ0) is 17.4. The van der Waals surface area contributed by atoms with Gasteiger partial charge in [0.15, 0.2) is 0 Å². The second-order valence-corrected chi connectivity index (χ2v) is 6.88. The Morgan fingerprint density at radius 2 is 2.00 bits per heavy atom. The number of halogens is 3. The minimum absolute atomic E-state index is 0.274. The number of aromatic amines is 1. The molecule has 7 heteroatoms. The summed E-state index contributed by atoms with van der Waals surface area (Å²) in [4.78, 5) is 15.3. The molecule has 0 saturated heterocycles. The van der Waals surface area contributed by atoms with Crippen LogP contribution in [0.25, 0.3) is 11.0 Å². The predicted octanol–water partition coefficient (Wildman–Crippen LogP) is 4.56. The summed E-state index contributed by atoms with van der Waals surface area (Å²) in [5.74, 6) is 0.741. The SMILES string of the molecule is FC(F)(F)c1cc2cc(CCCC3=NC=NC(C4CC4)C3)cnc2[nH]1. The molecule has 0 aromatic carbocycles. The van der Waals surface area contributed by atoms with E-state index in [1.54, 1.807) is 18.6 Å². The molecule has 0 bridgehead atoms. The second-order valence-electron chi connectivity index (χ2n) is 6.88. The Bertz CT molecular complexity index is 830. The minimum atomic E-state index is -4.38. The number of nitrogens with one attached hydrogen (secondary N) is 1. The second kappa shape index (κ2) is 6.28. The lowest BCUT2D eigenvalue weighted by Gasteiger charge is -2.16. The van der Waals surface area contributed by atoms with Crippen LogP contribution in [0.5, 0.6) is 0 Å². The van der Waals surface area contributed by atoms with Gasteiger partial charge in [-0.1, -0.05) is 0 Å². The van der Waals surface area contributed by atoms with Crippen molar-refractivity contribution >= 4 is 23.1 Å². The summed E-state index contributed by atoms with van der Waals surface area (Å²) in [6, 6.07) is 3.31. The summed E-state index contributed by atoms with van der Waals surface area (Å²) >= 11 is 0. The number of H-pyrrole nitrogens is 1. The largest absolute Gasteiger partial charge is 0.431 e. The van der Waals surface area contributed by atoms with Gasteiger partial charge in [0.25, 0.3) is 0 Å². The zero-order valence-corrected chi connectivity index (χ0v) is 13.7. The van der Waals surface area contributed by atoms with Crippen molar-refractivity contribution in [1.82, 2.24) is 9.97 Å². The van der Waals surface area contributed by atoms with Gasteiger partial charge in [0, 0.05) is 23.7 Å². The number of aromatic nitrogens is 2. The van der Waals surface area contributed by atoms with E-state index in [0.29, 0.717) is 11.4 Å². The molecule has 1 saturated carbocycles. The molecule has 1 unspecified atom stereocenters. The molecular weight excluding hydrogens is 329 g/mol. The number of aryl methyl sites for hydroxylation is 1. The topological polar surface area (TPSA) is 53.4 Å². The molecule has 4 rings (SSSR count). The zero-order valence-electron chi connectivity index (χ0n) is 13.7. The molecule has 2 aliphatic rings. The van der Waals surface area contributed by atoms with Crippen molar-refractivity contribution < 1.29 is 13.2 Å². The van der Waals surface area contributed by atoms with Crippen LogP contribution >= 0.6 is 0 Å². The first-order chi connectivity index (χ1) is 12.0. The standard InChI is InChI=1S/C18H19F3N4/c19-18(20,21)16-7-13-6-11(9-22-17(13)25-16)2-1-3-14-8-15(12-4-5-12)24-10-23-14/h6-7,9-10,12,15H,1-5,8H2,(H,22,25). The Labute approximate surface area is 143 Å². The van der Waals surface area contributed by atoms with Gasteiger partial charge in [0.2, 0.25) is 0 Å². The van der Waals surface area contributed by atoms with E-state index in [2.05, 4.69) is 20.0 Å². The average molecular weight is 348 g/mol. The maximum absolute atomic E-state index is 12.7. The maximum atomic E-state index is 12.7. The van der Waals surface area contributed by atoms with Crippen molar-refractivity contribution in [2.45, 2.75) is 50.7 Å². The molecular formula is C18H19F3N4. The first kappa shape index (κ1) is 16.3. The van der Waals surface area contributed by atoms with Crippen molar-refractivity contribution in [2.75, 3.05) is 0 Å². The molecule has 4 nitrogen and oxygen atoms in total. The van der Waals surface area contributed by atoms with Gasteiger partial charge in [0.1, 0.15) is 17.7 Å². The Morgan fingerprint density at radius 1 is 1.16 bits per heavy atom. The highest BCUT2D eigenvalue weighted by molar-refractivity contribution is 5.92. The van der Waals surface area contributed by atoms with Gasteiger partial charge >= 0.3 is 6.18 Å². The molecule has 3 heterocycles. The highest BCUT2D eigenvalue weighted by Gasteiger charge is 2.33. The molecule has 2 aromatic heterocycles. The van der Waals surface area contributed by atoms with Crippen LogP contribution in [0.2, 0.25) is 0 Å². The molecule has 1 aliphatic heterocycles. The Balaban J connectivity index is 1.36. The average Bonchev–Trinajstić information content (AvgIpc) is 3.33. The van der Waals surface area contributed by atoms with Crippen LogP contribution in [0.15, 0.2) is 28.3 Å². The normalized spacial score (nSPS) is 20.9. The Kier molecular flexibility index (Phi) is 4.09. The van der Waals surface area contributed by atoms with Crippen LogP contribution in [0.3, 0.4) is 0 Å². The van der Waals surface area contributed by atoms with Gasteiger partial charge in [-0.15, -0.1) is 0 Å². The third-order valence-electron chi connectivity index (χ3n) is 4.87. The van der Waals surface area contributed by atoms with Crippen molar-refractivity contribution in [2.24, 2.45) is 15.9 Å². The summed E-state index contributed by atoms with van der Waals surface area (Å²) in [6.45, 7) is 0. The molecule has 132 valence electrons. The minimum Gasteiger partial charge on any atom is -0.336 e. The summed E-state index contributed by atoms with van der Waals surface area (Å²) in [7, 11) is 0. The number of rotatable bonds is 5. The highest BCUT2D eigenvalue weighted by atomic mass is 19.4. The molecule has 1 aliphatic carbocycles. The molecule has 1 atom stereocenters. The maximum Gasteiger partial charge on any atom is 0.431 e. The van der Waals surface area contributed by atoms with E-state index < -0.39 is 11.9 Å². The van der Waals surface area contributed by atoms with E-state index in [9.17, 15) is 13.2 Å². The number of hydrogen-bond donors (Lipinski definition) is 1. The number of nitrogens with zero attached hydrogens (tertiary/aromatic N) is 3. The lowest BCUT2D eigenvalue weighted by Crippen LogP contribution is -2.18. The van der Waals surface area contributed by atoms with Gasteiger partial charge < -0.3 is 4.98 Å². The summed E-state index contributed by atoms with van der Waals surface area (Å²) < 4.78 is 38.2. The fraction of sp³-hybridized carbons (Fsp3) is 0.500. The number of pyridine rings is 1. The first-order valence-corrected chi connectivity index (χ1v) is 8.61. The van der Waals surface area contributed by atoms with Crippen molar-refractivity contribution in [1.29, 1.82) is 0 Å². The smallest absolute Gasteiger partial charge is 0.336 e. The third kappa shape index (κ3) is 3.75. The van der Waals surface area contributed by atoms with Gasteiger partial charge in [-0.05, 0) is 55.7 Å². The van der Waals surface area contributed by atoms with Crippen LogP contribution in [-0.2, 0) is 12.6 Å². The Hall–Kier alpha value is -2.18. The van der Waals surface area contributed by atoms with E-state index in [0.717, 1.165) is 43.2 Å². The fourth-order valence-electron chi connectivity index (χ4n) is 3.33. The van der Waals surface area contributed by atoms with E-state index >= 15 is 0 Å². The van der Waals surface area contributed by atoms with Crippen molar-refractivity contribution in [3.8, 4) is 0 Å². The molecule has 0 radical (unpaired) electrons.